The summed E-state index contributed by atoms with van der Waals surface area (Å²) in [7, 11) is -3.72. The van der Waals surface area contributed by atoms with Crippen molar-refractivity contribution >= 4 is 15.8 Å². The van der Waals surface area contributed by atoms with Crippen molar-refractivity contribution in [3.8, 4) is 0 Å². The van der Waals surface area contributed by atoms with E-state index in [1.807, 2.05) is 6.92 Å². The zero-order chi connectivity index (χ0) is 13.9. The van der Waals surface area contributed by atoms with Gasteiger partial charge in [-0.25, -0.2) is 13.4 Å². The summed E-state index contributed by atoms with van der Waals surface area (Å²) in [5.74, 6) is 0.262. The normalized spacial score (nSPS) is 11.3. The number of hydrogen-bond donors (Lipinski definition) is 2. The lowest BCUT2D eigenvalue weighted by atomic mass is 10.3. The molecule has 0 aliphatic carbocycles. The van der Waals surface area contributed by atoms with Crippen LogP contribution in [0.2, 0.25) is 0 Å². The largest absolute Gasteiger partial charge is 0.325 e. The number of aryl methyl sites for hydroxylation is 1. The molecule has 0 spiro atoms. The standard InChI is InChI=1S/C12H14N4O2S/c1-9-4-5-12(15-8-9)16-19(17,18)11-3-2-6-14-10(11)7-13/h2-6,8H,7,13H2,1H3,(H,15,16). The van der Waals surface area contributed by atoms with Crippen LogP contribution in [0, 0.1) is 6.92 Å². The van der Waals surface area contributed by atoms with E-state index >= 15 is 0 Å². The third-order valence-electron chi connectivity index (χ3n) is 2.48. The van der Waals surface area contributed by atoms with E-state index in [4.69, 9.17) is 5.73 Å². The van der Waals surface area contributed by atoms with Crippen LogP contribution in [-0.2, 0) is 16.6 Å². The maximum absolute atomic E-state index is 12.2. The molecule has 0 aromatic carbocycles. The van der Waals surface area contributed by atoms with Crippen LogP contribution in [0.1, 0.15) is 11.3 Å². The van der Waals surface area contributed by atoms with Crippen molar-refractivity contribution in [2.75, 3.05) is 4.72 Å². The van der Waals surface area contributed by atoms with Gasteiger partial charge in [0.2, 0.25) is 0 Å². The number of nitrogens with zero attached hydrogens (tertiary/aromatic N) is 2. The molecule has 0 fully saturated rings. The van der Waals surface area contributed by atoms with Crippen LogP contribution in [0.4, 0.5) is 5.82 Å². The van der Waals surface area contributed by atoms with Gasteiger partial charge in [-0.15, -0.1) is 0 Å². The predicted octanol–water partition coefficient (Wildman–Crippen LogP) is 1.04. The van der Waals surface area contributed by atoms with Crippen molar-refractivity contribution < 1.29 is 8.42 Å². The van der Waals surface area contributed by atoms with E-state index in [1.165, 1.54) is 12.3 Å². The lowest BCUT2D eigenvalue weighted by Crippen LogP contribution is -2.17. The Balaban J connectivity index is 2.35. The SMILES string of the molecule is Cc1ccc(NS(=O)(=O)c2cccnc2CN)nc1. The number of hydrogen-bond acceptors (Lipinski definition) is 5. The van der Waals surface area contributed by atoms with E-state index in [0.29, 0.717) is 5.69 Å². The van der Waals surface area contributed by atoms with Crippen molar-refractivity contribution in [3.63, 3.8) is 0 Å². The van der Waals surface area contributed by atoms with Gasteiger partial charge in [-0.2, -0.15) is 0 Å². The molecule has 19 heavy (non-hydrogen) atoms. The minimum Gasteiger partial charge on any atom is -0.325 e. The van der Waals surface area contributed by atoms with Gasteiger partial charge in [-0.05, 0) is 30.7 Å². The molecule has 0 unspecified atom stereocenters. The summed E-state index contributed by atoms with van der Waals surface area (Å²) >= 11 is 0. The highest BCUT2D eigenvalue weighted by atomic mass is 32.2. The first-order valence-corrected chi connectivity index (χ1v) is 7.10. The minimum atomic E-state index is -3.72. The van der Waals surface area contributed by atoms with Gasteiger partial charge in [0.1, 0.15) is 10.7 Å². The first kappa shape index (κ1) is 13.4. The molecule has 0 aliphatic rings. The van der Waals surface area contributed by atoms with Crippen molar-refractivity contribution in [2.45, 2.75) is 18.4 Å². The molecular formula is C12H14N4O2S. The summed E-state index contributed by atoms with van der Waals surface area (Å²) in [6, 6.07) is 6.39. The Labute approximate surface area is 111 Å². The van der Waals surface area contributed by atoms with E-state index < -0.39 is 10.0 Å². The molecule has 0 amide bonds. The summed E-state index contributed by atoms with van der Waals surface area (Å²) in [5.41, 5.74) is 6.76. The van der Waals surface area contributed by atoms with E-state index in [9.17, 15) is 8.42 Å². The Kier molecular flexibility index (Phi) is 3.77. The molecule has 6 nitrogen and oxygen atoms in total. The third-order valence-corrected chi connectivity index (χ3v) is 3.91. The van der Waals surface area contributed by atoms with Crippen LogP contribution < -0.4 is 10.5 Å². The number of nitrogens with two attached hydrogens (primary N) is 1. The first-order chi connectivity index (χ1) is 9.03. The lowest BCUT2D eigenvalue weighted by molar-refractivity contribution is 0.599. The first-order valence-electron chi connectivity index (χ1n) is 5.62. The summed E-state index contributed by atoms with van der Waals surface area (Å²) < 4.78 is 26.8. The Morgan fingerprint density at radius 1 is 1.26 bits per heavy atom. The second-order valence-corrected chi connectivity index (χ2v) is 5.63. The van der Waals surface area contributed by atoms with Crippen LogP contribution in [0.25, 0.3) is 0 Å². The third kappa shape index (κ3) is 3.07. The number of aromatic nitrogens is 2. The van der Waals surface area contributed by atoms with Crippen LogP contribution in [0.15, 0.2) is 41.6 Å². The maximum Gasteiger partial charge on any atom is 0.264 e. The molecule has 7 heteroatoms. The van der Waals surface area contributed by atoms with E-state index in [-0.39, 0.29) is 17.3 Å². The number of pyridine rings is 2. The number of anilines is 1. The fraction of sp³-hybridized carbons (Fsp3) is 0.167. The van der Waals surface area contributed by atoms with Crippen molar-refractivity contribution in [1.82, 2.24) is 9.97 Å². The summed E-state index contributed by atoms with van der Waals surface area (Å²) in [6.07, 6.45) is 3.09. The lowest BCUT2D eigenvalue weighted by Gasteiger charge is -2.09. The van der Waals surface area contributed by atoms with Crippen LogP contribution >= 0.6 is 0 Å². The smallest absolute Gasteiger partial charge is 0.264 e. The molecule has 3 N–H and O–H groups in total. The van der Waals surface area contributed by atoms with Crippen LogP contribution in [-0.4, -0.2) is 18.4 Å². The molecule has 0 radical (unpaired) electrons. The molecule has 100 valence electrons. The highest BCUT2D eigenvalue weighted by Gasteiger charge is 2.18. The van der Waals surface area contributed by atoms with Crippen molar-refractivity contribution in [1.29, 1.82) is 0 Å². The van der Waals surface area contributed by atoms with Gasteiger partial charge in [0, 0.05) is 18.9 Å². The Morgan fingerprint density at radius 2 is 2.05 bits per heavy atom. The summed E-state index contributed by atoms with van der Waals surface area (Å²) in [6.45, 7) is 1.93. The van der Waals surface area contributed by atoms with E-state index in [1.54, 1.807) is 24.4 Å². The van der Waals surface area contributed by atoms with Gasteiger partial charge >= 0.3 is 0 Å². The van der Waals surface area contributed by atoms with Gasteiger partial charge in [0.05, 0.1) is 5.69 Å². The molecule has 0 saturated heterocycles. The highest BCUT2D eigenvalue weighted by molar-refractivity contribution is 7.92. The van der Waals surface area contributed by atoms with Crippen molar-refractivity contribution in [3.05, 3.63) is 47.9 Å². The van der Waals surface area contributed by atoms with Gasteiger partial charge in [0.15, 0.2) is 0 Å². The summed E-state index contributed by atoms with van der Waals surface area (Å²) in [4.78, 5) is 8.03. The van der Waals surface area contributed by atoms with E-state index in [2.05, 4.69) is 14.7 Å². The zero-order valence-electron chi connectivity index (χ0n) is 10.4. The molecule has 2 aromatic heterocycles. The summed E-state index contributed by atoms with van der Waals surface area (Å²) in [5, 5.41) is 0. The van der Waals surface area contributed by atoms with E-state index in [0.717, 1.165) is 5.56 Å². The number of sulfonamides is 1. The zero-order valence-corrected chi connectivity index (χ0v) is 11.2. The highest BCUT2D eigenvalue weighted by Crippen LogP contribution is 2.16. The van der Waals surface area contributed by atoms with Gasteiger partial charge in [-0.1, -0.05) is 6.07 Å². The van der Waals surface area contributed by atoms with Gasteiger partial charge in [-0.3, -0.25) is 9.71 Å². The molecular weight excluding hydrogens is 264 g/mol. The Morgan fingerprint density at radius 3 is 2.68 bits per heavy atom. The number of rotatable bonds is 4. The Hall–Kier alpha value is -1.99. The molecule has 2 aromatic rings. The van der Waals surface area contributed by atoms with Crippen LogP contribution in [0.3, 0.4) is 0 Å². The minimum absolute atomic E-state index is 0.0540. The fourth-order valence-electron chi connectivity index (χ4n) is 1.54. The Bertz CT molecular complexity index is 668. The molecule has 0 saturated carbocycles. The van der Waals surface area contributed by atoms with Crippen LogP contribution in [0.5, 0.6) is 0 Å². The maximum atomic E-state index is 12.2. The van der Waals surface area contributed by atoms with Gasteiger partial charge < -0.3 is 5.73 Å². The van der Waals surface area contributed by atoms with Crippen molar-refractivity contribution in [2.24, 2.45) is 5.73 Å². The second-order valence-electron chi connectivity index (χ2n) is 3.98. The topological polar surface area (TPSA) is 98.0 Å². The number of nitrogens with one attached hydrogen (secondary N) is 1. The quantitative estimate of drug-likeness (QED) is 0.871. The molecule has 0 aliphatic heterocycles. The predicted molar refractivity (Wildman–Crippen MR) is 71.9 cm³/mol. The molecule has 0 atom stereocenters. The average molecular weight is 278 g/mol. The average Bonchev–Trinajstić information content (AvgIpc) is 2.41. The second kappa shape index (κ2) is 5.33. The molecule has 0 bridgehead atoms. The van der Waals surface area contributed by atoms with Gasteiger partial charge in [0.25, 0.3) is 10.0 Å². The fourth-order valence-corrected chi connectivity index (χ4v) is 2.75. The monoisotopic (exact) mass is 278 g/mol. The molecule has 2 heterocycles. The molecule has 2 rings (SSSR count).